The number of halogens is 1. The van der Waals surface area contributed by atoms with Crippen LogP contribution in [0.3, 0.4) is 0 Å². The van der Waals surface area contributed by atoms with Gasteiger partial charge in [-0.05, 0) is 60.6 Å². The molecule has 4 heteroatoms. The number of hydrogen-bond donors (Lipinski definition) is 0. The van der Waals surface area contributed by atoms with Gasteiger partial charge in [0.25, 0.3) is 0 Å². The summed E-state index contributed by atoms with van der Waals surface area (Å²) in [5.41, 5.74) is 8.17. The zero-order chi connectivity index (χ0) is 25.2. The number of fused-ring (bicyclic) bond motifs is 1. The van der Waals surface area contributed by atoms with E-state index in [0.717, 1.165) is 17.0 Å². The van der Waals surface area contributed by atoms with E-state index in [0.29, 0.717) is 6.42 Å². The molecule has 5 rings (SSSR count). The van der Waals surface area contributed by atoms with Crippen LogP contribution >= 0.6 is 11.6 Å². The number of benzene rings is 3. The molecule has 1 aliphatic rings. The second kappa shape index (κ2) is 10.2. The van der Waals surface area contributed by atoms with E-state index in [1.807, 2.05) is 12.1 Å². The first-order chi connectivity index (χ1) is 17.5. The number of carbonyl (C=O) groups excluding carboxylic acids is 1. The Labute approximate surface area is 217 Å². The molecular formula is C32H30ClNO2. The van der Waals surface area contributed by atoms with Crippen LogP contribution in [0.1, 0.15) is 41.8 Å². The molecule has 0 bridgehead atoms. The predicted octanol–water partition coefficient (Wildman–Crippen LogP) is 7.85. The molecule has 1 aromatic heterocycles. The SMILES string of the molecule is COC(=O)C1=CC=C(Cc2c(C)n(C(c3ccccc3)c3ccccc3)c3ccc(Cl)cc23)C(C)C1. The second-order valence-corrected chi connectivity index (χ2v) is 9.96. The number of ether oxygens (including phenoxy) is 1. The van der Waals surface area contributed by atoms with Gasteiger partial charge >= 0.3 is 5.97 Å². The minimum absolute atomic E-state index is 0.0356. The third-order valence-corrected chi connectivity index (χ3v) is 7.55. The van der Waals surface area contributed by atoms with Crippen LogP contribution in [0.15, 0.2) is 102 Å². The summed E-state index contributed by atoms with van der Waals surface area (Å²) in [4.78, 5) is 12.1. The number of rotatable bonds is 6. The van der Waals surface area contributed by atoms with Crippen molar-refractivity contribution in [2.45, 2.75) is 32.7 Å². The van der Waals surface area contributed by atoms with E-state index in [9.17, 15) is 4.79 Å². The lowest BCUT2D eigenvalue weighted by atomic mass is 9.84. The molecule has 1 aliphatic carbocycles. The van der Waals surface area contributed by atoms with Gasteiger partial charge in [0.1, 0.15) is 0 Å². The van der Waals surface area contributed by atoms with E-state index in [4.69, 9.17) is 16.3 Å². The van der Waals surface area contributed by atoms with Crippen LogP contribution in [0.5, 0.6) is 0 Å². The molecule has 0 N–H and O–H groups in total. The molecule has 0 aliphatic heterocycles. The van der Waals surface area contributed by atoms with Gasteiger partial charge in [-0.3, -0.25) is 0 Å². The molecule has 1 heterocycles. The lowest BCUT2D eigenvalue weighted by Crippen LogP contribution is -2.15. The minimum Gasteiger partial charge on any atom is -0.466 e. The molecule has 0 radical (unpaired) electrons. The summed E-state index contributed by atoms with van der Waals surface area (Å²) < 4.78 is 7.39. The summed E-state index contributed by atoms with van der Waals surface area (Å²) in [6.45, 7) is 4.39. The lowest BCUT2D eigenvalue weighted by molar-refractivity contribution is -0.136. The molecule has 182 valence electrons. The monoisotopic (exact) mass is 495 g/mol. The van der Waals surface area contributed by atoms with Crippen LogP contribution in [0, 0.1) is 12.8 Å². The summed E-state index contributed by atoms with van der Waals surface area (Å²) >= 11 is 6.52. The van der Waals surface area contributed by atoms with Crippen molar-refractivity contribution in [1.82, 2.24) is 4.57 Å². The highest BCUT2D eigenvalue weighted by Crippen LogP contribution is 2.39. The van der Waals surface area contributed by atoms with E-state index < -0.39 is 0 Å². The highest BCUT2D eigenvalue weighted by Gasteiger charge is 2.26. The average Bonchev–Trinajstić information content (AvgIpc) is 3.16. The predicted molar refractivity (Wildman–Crippen MR) is 147 cm³/mol. The maximum atomic E-state index is 12.1. The smallest absolute Gasteiger partial charge is 0.333 e. The maximum Gasteiger partial charge on any atom is 0.333 e. The number of esters is 1. The van der Waals surface area contributed by atoms with Crippen LogP contribution in [-0.4, -0.2) is 17.6 Å². The van der Waals surface area contributed by atoms with Crippen LogP contribution in [0.2, 0.25) is 5.02 Å². The Morgan fingerprint density at radius 3 is 2.22 bits per heavy atom. The lowest BCUT2D eigenvalue weighted by Gasteiger charge is -2.24. The van der Waals surface area contributed by atoms with Crippen molar-refractivity contribution in [2.75, 3.05) is 7.11 Å². The number of hydrogen-bond acceptors (Lipinski definition) is 2. The Bertz CT molecular complexity index is 1430. The molecule has 0 fully saturated rings. The molecular weight excluding hydrogens is 466 g/mol. The third-order valence-electron chi connectivity index (χ3n) is 7.32. The number of allylic oxidation sites excluding steroid dienone is 3. The van der Waals surface area contributed by atoms with Gasteiger partial charge in [-0.1, -0.05) is 96.9 Å². The van der Waals surface area contributed by atoms with Crippen molar-refractivity contribution in [1.29, 1.82) is 0 Å². The first-order valence-electron chi connectivity index (χ1n) is 12.3. The fraction of sp³-hybridized carbons (Fsp3) is 0.219. The summed E-state index contributed by atoms with van der Waals surface area (Å²) in [7, 11) is 1.44. The Hall–Kier alpha value is -3.56. The maximum absolute atomic E-state index is 12.1. The minimum atomic E-state index is -0.245. The van der Waals surface area contributed by atoms with Crippen LogP contribution in [-0.2, 0) is 16.0 Å². The Balaban J connectivity index is 1.68. The van der Waals surface area contributed by atoms with Gasteiger partial charge in [0.05, 0.1) is 13.2 Å². The van der Waals surface area contributed by atoms with Crippen molar-refractivity contribution in [3.63, 3.8) is 0 Å². The van der Waals surface area contributed by atoms with Gasteiger partial charge in [-0.15, -0.1) is 0 Å². The molecule has 1 atom stereocenters. The van der Waals surface area contributed by atoms with E-state index in [2.05, 4.69) is 97.3 Å². The van der Waals surface area contributed by atoms with Crippen LogP contribution < -0.4 is 0 Å². The topological polar surface area (TPSA) is 31.2 Å². The van der Waals surface area contributed by atoms with Crippen molar-refractivity contribution in [3.8, 4) is 0 Å². The van der Waals surface area contributed by atoms with Crippen molar-refractivity contribution in [3.05, 3.63) is 130 Å². The third kappa shape index (κ3) is 4.52. The summed E-state index contributed by atoms with van der Waals surface area (Å²) in [6, 6.07) is 27.6. The highest BCUT2D eigenvalue weighted by atomic mass is 35.5. The second-order valence-electron chi connectivity index (χ2n) is 9.53. The first-order valence-corrected chi connectivity index (χ1v) is 12.7. The largest absolute Gasteiger partial charge is 0.466 e. The van der Waals surface area contributed by atoms with Crippen LogP contribution in [0.25, 0.3) is 10.9 Å². The van der Waals surface area contributed by atoms with Crippen molar-refractivity contribution >= 4 is 28.5 Å². The van der Waals surface area contributed by atoms with E-state index >= 15 is 0 Å². The Morgan fingerprint density at radius 1 is 1.00 bits per heavy atom. The standard InChI is InChI=1S/C32H30ClNO2/c1-21-18-26(32(35)36-3)15-14-25(21)19-28-22(2)34(30-17-16-27(33)20-29(28)30)31(23-10-6-4-7-11-23)24-12-8-5-9-13-24/h4-17,20-21,31H,18-19H2,1-3H3. The zero-order valence-corrected chi connectivity index (χ0v) is 21.6. The molecule has 0 saturated heterocycles. The number of nitrogens with zero attached hydrogens (tertiary/aromatic N) is 1. The van der Waals surface area contributed by atoms with Gasteiger partial charge in [0, 0.05) is 27.2 Å². The van der Waals surface area contributed by atoms with Crippen molar-refractivity contribution < 1.29 is 9.53 Å². The molecule has 4 aromatic rings. The number of carbonyl (C=O) groups is 1. The molecule has 3 aromatic carbocycles. The molecule has 36 heavy (non-hydrogen) atoms. The van der Waals surface area contributed by atoms with Gasteiger partial charge in [-0.2, -0.15) is 0 Å². The number of aromatic nitrogens is 1. The Morgan fingerprint density at radius 2 is 1.64 bits per heavy atom. The van der Waals surface area contributed by atoms with E-state index in [1.165, 1.54) is 46.0 Å². The van der Waals surface area contributed by atoms with Gasteiger partial charge in [0.2, 0.25) is 0 Å². The van der Waals surface area contributed by atoms with Gasteiger partial charge < -0.3 is 9.30 Å². The summed E-state index contributed by atoms with van der Waals surface area (Å²) in [6.07, 6.45) is 5.50. The molecule has 0 saturated carbocycles. The van der Waals surface area contributed by atoms with Gasteiger partial charge in [0.15, 0.2) is 0 Å². The summed E-state index contributed by atoms with van der Waals surface area (Å²) in [5.74, 6) is 0.00501. The molecule has 0 spiro atoms. The van der Waals surface area contributed by atoms with Crippen molar-refractivity contribution in [2.24, 2.45) is 5.92 Å². The zero-order valence-electron chi connectivity index (χ0n) is 20.9. The fourth-order valence-corrected chi connectivity index (χ4v) is 5.59. The van der Waals surface area contributed by atoms with E-state index in [1.54, 1.807) is 0 Å². The first kappa shape index (κ1) is 24.1. The number of methoxy groups -OCH3 is 1. The van der Waals surface area contributed by atoms with E-state index in [-0.39, 0.29) is 17.9 Å². The quantitative estimate of drug-likeness (QED) is 0.255. The highest BCUT2D eigenvalue weighted by molar-refractivity contribution is 6.31. The Kier molecular flexibility index (Phi) is 6.84. The van der Waals surface area contributed by atoms with Gasteiger partial charge in [-0.25, -0.2) is 4.79 Å². The normalized spacial score (nSPS) is 15.6. The summed E-state index contributed by atoms with van der Waals surface area (Å²) in [5, 5.41) is 1.91. The molecule has 3 nitrogen and oxygen atoms in total. The molecule has 0 amide bonds. The fourth-order valence-electron chi connectivity index (χ4n) is 5.42. The van der Waals surface area contributed by atoms with Crippen LogP contribution in [0.4, 0.5) is 0 Å². The average molecular weight is 496 g/mol. The molecule has 1 unspecified atom stereocenters.